The van der Waals surface area contributed by atoms with E-state index >= 15 is 0 Å². The van der Waals surface area contributed by atoms with Gasteiger partial charge in [-0.25, -0.2) is 0 Å². The molecule has 0 N–H and O–H groups in total. The molecular formula is C13H13ClSi. The van der Waals surface area contributed by atoms with Gasteiger partial charge in [0.25, 0.3) is 0 Å². The van der Waals surface area contributed by atoms with Crippen LogP contribution in [0.4, 0.5) is 0 Å². The summed E-state index contributed by atoms with van der Waals surface area (Å²) in [7, 11) is -1.98. The Bertz CT molecular complexity index is 497. The highest BCUT2D eigenvalue weighted by Crippen LogP contribution is 2.18. The van der Waals surface area contributed by atoms with E-state index in [-0.39, 0.29) is 0 Å². The van der Waals surface area contributed by atoms with Crippen LogP contribution in [0.5, 0.6) is 0 Å². The van der Waals surface area contributed by atoms with E-state index in [9.17, 15) is 0 Å². The SMILES string of the molecule is C=C[Si](C)(Cl)c1cccc2ccccc12. The number of fused-ring (bicyclic) bond motifs is 1. The van der Waals surface area contributed by atoms with E-state index in [1.165, 1.54) is 16.0 Å². The summed E-state index contributed by atoms with van der Waals surface area (Å²) in [4.78, 5) is 0. The molecule has 0 saturated heterocycles. The van der Waals surface area contributed by atoms with Gasteiger partial charge < -0.3 is 0 Å². The van der Waals surface area contributed by atoms with Gasteiger partial charge in [-0.3, -0.25) is 0 Å². The zero-order chi connectivity index (χ0) is 10.9. The average molecular weight is 233 g/mol. The van der Waals surface area contributed by atoms with E-state index < -0.39 is 7.38 Å². The number of hydrogen-bond acceptors (Lipinski definition) is 0. The minimum absolute atomic E-state index is 1.25. The minimum atomic E-state index is -1.98. The van der Waals surface area contributed by atoms with Crippen LogP contribution < -0.4 is 5.19 Å². The quantitative estimate of drug-likeness (QED) is 0.549. The lowest BCUT2D eigenvalue weighted by molar-refractivity contribution is 1.77. The molecule has 1 unspecified atom stereocenters. The van der Waals surface area contributed by atoms with Crippen molar-refractivity contribution in [3.05, 3.63) is 54.7 Å². The first-order valence-electron chi connectivity index (χ1n) is 4.96. The fourth-order valence-electron chi connectivity index (χ4n) is 1.76. The molecular weight excluding hydrogens is 220 g/mol. The smallest absolute Gasteiger partial charge is 0.156 e. The predicted octanol–water partition coefficient (Wildman–Crippen LogP) is 3.59. The molecule has 1 atom stereocenters. The van der Waals surface area contributed by atoms with Crippen molar-refractivity contribution in [2.45, 2.75) is 6.55 Å². The van der Waals surface area contributed by atoms with Crippen molar-refractivity contribution in [3.63, 3.8) is 0 Å². The predicted molar refractivity (Wildman–Crippen MR) is 71.3 cm³/mol. The molecule has 2 heteroatoms. The van der Waals surface area contributed by atoms with Crippen molar-refractivity contribution in [1.29, 1.82) is 0 Å². The Hall–Kier alpha value is -1.05. The molecule has 0 radical (unpaired) electrons. The first-order chi connectivity index (χ1) is 7.15. The number of benzene rings is 2. The maximum Gasteiger partial charge on any atom is 0.207 e. The Morgan fingerprint density at radius 1 is 1.13 bits per heavy atom. The lowest BCUT2D eigenvalue weighted by atomic mass is 10.1. The van der Waals surface area contributed by atoms with E-state index in [2.05, 4.69) is 49.5 Å². The maximum absolute atomic E-state index is 6.55. The second kappa shape index (κ2) is 3.84. The van der Waals surface area contributed by atoms with Crippen LogP contribution in [0.25, 0.3) is 10.8 Å². The van der Waals surface area contributed by atoms with Gasteiger partial charge in [0.1, 0.15) is 0 Å². The summed E-state index contributed by atoms with van der Waals surface area (Å²) in [5.41, 5.74) is 1.91. The van der Waals surface area contributed by atoms with Crippen molar-refractivity contribution in [3.8, 4) is 0 Å². The third kappa shape index (κ3) is 1.85. The number of hydrogen-bond donors (Lipinski definition) is 0. The topological polar surface area (TPSA) is 0 Å². The molecule has 2 aromatic carbocycles. The third-order valence-corrected chi connectivity index (χ3v) is 6.03. The van der Waals surface area contributed by atoms with Crippen molar-refractivity contribution < 1.29 is 0 Å². The summed E-state index contributed by atoms with van der Waals surface area (Å²) >= 11 is 6.55. The summed E-state index contributed by atoms with van der Waals surface area (Å²) in [6, 6.07) is 14.6. The minimum Gasteiger partial charge on any atom is -0.156 e. The molecule has 0 aromatic heterocycles. The van der Waals surface area contributed by atoms with Gasteiger partial charge >= 0.3 is 0 Å². The summed E-state index contributed by atoms with van der Waals surface area (Å²) in [5, 5.41) is 3.75. The van der Waals surface area contributed by atoms with Gasteiger partial charge in [-0.2, -0.15) is 11.1 Å². The molecule has 0 aliphatic heterocycles. The average Bonchev–Trinajstić information content (AvgIpc) is 2.28. The molecule has 0 heterocycles. The Kier molecular flexibility index (Phi) is 2.68. The van der Waals surface area contributed by atoms with Gasteiger partial charge in [0.15, 0.2) is 0 Å². The number of halogens is 1. The van der Waals surface area contributed by atoms with Crippen LogP contribution in [0, 0.1) is 0 Å². The Balaban J connectivity index is 2.76. The standard InChI is InChI=1S/C13H13ClSi/c1-3-15(2,14)13-10-6-8-11-7-4-5-9-12(11)13/h3-10H,1H2,2H3. The molecule has 2 aromatic rings. The molecule has 76 valence electrons. The lowest BCUT2D eigenvalue weighted by Gasteiger charge is -2.17. The Morgan fingerprint density at radius 3 is 2.53 bits per heavy atom. The van der Waals surface area contributed by atoms with Gasteiger partial charge in [-0.15, -0.1) is 6.58 Å². The highest BCUT2D eigenvalue weighted by atomic mass is 35.6. The first-order valence-corrected chi connectivity index (χ1v) is 8.55. The Morgan fingerprint density at radius 2 is 1.80 bits per heavy atom. The molecule has 0 aliphatic carbocycles. The zero-order valence-corrected chi connectivity index (χ0v) is 10.5. The molecule has 0 spiro atoms. The molecule has 15 heavy (non-hydrogen) atoms. The molecule has 0 nitrogen and oxygen atoms in total. The highest BCUT2D eigenvalue weighted by molar-refractivity contribution is 7.30. The van der Waals surface area contributed by atoms with Crippen LogP contribution >= 0.6 is 11.1 Å². The van der Waals surface area contributed by atoms with Crippen molar-refractivity contribution in [2.75, 3.05) is 0 Å². The van der Waals surface area contributed by atoms with E-state index in [4.69, 9.17) is 11.1 Å². The monoisotopic (exact) mass is 232 g/mol. The fraction of sp³-hybridized carbons (Fsp3) is 0.0769. The van der Waals surface area contributed by atoms with Crippen LogP contribution in [-0.2, 0) is 0 Å². The van der Waals surface area contributed by atoms with Crippen LogP contribution in [0.2, 0.25) is 6.55 Å². The van der Waals surface area contributed by atoms with E-state index in [1.807, 2.05) is 11.8 Å². The van der Waals surface area contributed by atoms with Crippen LogP contribution in [0.15, 0.2) is 54.7 Å². The summed E-state index contributed by atoms with van der Waals surface area (Å²) in [6.45, 7) is 5.95. The molecule has 0 saturated carbocycles. The molecule has 0 fully saturated rings. The van der Waals surface area contributed by atoms with Crippen molar-refractivity contribution >= 4 is 34.4 Å². The fourth-order valence-corrected chi connectivity index (χ4v) is 3.65. The molecule has 0 bridgehead atoms. The normalized spacial score (nSPS) is 14.8. The first kappa shape index (κ1) is 10.5. The van der Waals surface area contributed by atoms with Gasteiger partial charge in [0.05, 0.1) is 0 Å². The zero-order valence-electron chi connectivity index (χ0n) is 8.70. The largest absolute Gasteiger partial charge is 0.207 e. The summed E-state index contributed by atoms with van der Waals surface area (Å²) in [6.07, 6.45) is 0. The van der Waals surface area contributed by atoms with Gasteiger partial charge in [0.2, 0.25) is 7.38 Å². The van der Waals surface area contributed by atoms with E-state index in [1.54, 1.807) is 0 Å². The van der Waals surface area contributed by atoms with Crippen molar-refractivity contribution in [1.82, 2.24) is 0 Å². The lowest BCUT2D eigenvalue weighted by Crippen LogP contribution is -2.37. The second-order valence-corrected chi connectivity index (χ2v) is 9.26. The van der Waals surface area contributed by atoms with Crippen LogP contribution in [-0.4, -0.2) is 7.38 Å². The van der Waals surface area contributed by atoms with E-state index in [0.717, 1.165) is 0 Å². The summed E-state index contributed by atoms with van der Waals surface area (Å²) < 4.78 is 0. The maximum atomic E-state index is 6.55. The molecule has 0 aliphatic rings. The Labute approximate surface area is 95.9 Å². The molecule has 0 amide bonds. The summed E-state index contributed by atoms with van der Waals surface area (Å²) in [5.74, 6) is 0. The van der Waals surface area contributed by atoms with Crippen LogP contribution in [0.3, 0.4) is 0 Å². The number of rotatable bonds is 2. The van der Waals surface area contributed by atoms with Gasteiger partial charge in [-0.1, -0.05) is 48.2 Å². The van der Waals surface area contributed by atoms with Gasteiger partial charge in [-0.05, 0) is 22.5 Å². The van der Waals surface area contributed by atoms with Crippen molar-refractivity contribution in [2.24, 2.45) is 0 Å². The highest BCUT2D eigenvalue weighted by Gasteiger charge is 2.24. The second-order valence-electron chi connectivity index (χ2n) is 3.81. The van der Waals surface area contributed by atoms with E-state index in [0.29, 0.717) is 0 Å². The molecule has 2 rings (SSSR count). The van der Waals surface area contributed by atoms with Crippen LogP contribution in [0.1, 0.15) is 0 Å². The third-order valence-electron chi connectivity index (χ3n) is 2.70. The van der Waals surface area contributed by atoms with Gasteiger partial charge in [0, 0.05) is 0 Å².